The summed E-state index contributed by atoms with van der Waals surface area (Å²) in [5.74, 6) is 1.68. The van der Waals surface area contributed by atoms with Crippen LogP contribution in [0.15, 0.2) is 24.5 Å². The first-order chi connectivity index (χ1) is 8.61. The fourth-order valence-corrected chi connectivity index (χ4v) is 1.83. The molecule has 4 nitrogen and oxygen atoms in total. The molecule has 0 bridgehead atoms. The summed E-state index contributed by atoms with van der Waals surface area (Å²) in [4.78, 5) is 8.47. The molecular weight excluding hydrogens is 224 g/mol. The molecule has 0 radical (unpaired) electrons. The molecule has 0 unspecified atom stereocenters. The van der Waals surface area contributed by atoms with Gasteiger partial charge in [0.1, 0.15) is 18.0 Å². The number of anilines is 3. The minimum absolute atomic E-state index is 0.836. The van der Waals surface area contributed by atoms with Crippen molar-refractivity contribution >= 4 is 17.3 Å². The second-order valence-electron chi connectivity index (χ2n) is 4.39. The summed E-state index contributed by atoms with van der Waals surface area (Å²) in [7, 11) is 1.86. The molecule has 1 heterocycles. The van der Waals surface area contributed by atoms with Crippen molar-refractivity contribution in [2.24, 2.45) is 0 Å². The molecule has 94 valence electrons. The van der Waals surface area contributed by atoms with Crippen LogP contribution in [0.25, 0.3) is 0 Å². The van der Waals surface area contributed by atoms with E-state index in [4.69, 9.17) is 0 Å². The molecule has 1 aromatic carbocycles. The van der Waals surface area contributed by atoms with Gasteiger partial charge < -0.3 is 10.6 Å². The zero-order valence-corrected chi connectivity index (χ0v) is 11.2. The Bertz CT molecular complexity index is 564. The monoisotopic (exact) mass is 242 g/mol. The van der Waals surface area contributed by atoms with Crippen molar-refractivity contribution in [2.75, 3.05) is 17.7 Å². The van der Waals surface area contributed by atoms with Gasteiger partial charge in [-0.3, -0.25) is 0 Å². The fourth-order valence-electron chi connectivity index (χ4n) is 1.83. The minimum Gasteiger partial charge on any atom is -0.373 e. The maximum absolute atomic E-state index is 4.29. The lowest BCUT2D eigenvalue weighted by Gasteiger charge is -2.13. The molecule has 4 heteroatoms. The summed E-state index contributed by atoms with van der Waals surface area (Å²) in [5.41, 5.74) is 4.52. The Labute approximate surface area is 107 Å². The Morgan fingerprint density at radius 3 is 2.44 bits per heavy atom. The van der Waals surface area contributed by atoms with E-state index in [1.807, 2.05) is 14.0 Å². The van der Waals surface area contributed by atoms with E-state index < -0.39 is 0 Å². The van der Waals surface area contributed by atoms with Crippen LogP contribution in [0.3, 0.4) is 0 Å². The SMILES string of the molecule is CNc1ncnc(Nc2cc(C)ccc2C)c1C. The predicted molar refractivity (Wildman–Crippen MR) is 75.5 cm³/mol. The van der Waals surface area contributed by atoms with E-state index in [0.717, 1.165) is 22.9 Å². The summed E-state index contributed by atoms with van der Waals surface area (Å²) in [6, 6.07) is 6.33. The van der Waals surface area contributed by atoms with E-state index in [2.05, 4.69) is 52.6 Å². The van der Waals surface area contributed by atoms with Gasteiger partial charge in [0.2, 0.25) is 0 Å². The fraction of sp³-hybridized carbons (Fsp3) is 0.286. The lowest BCUT2D eigenvalue weighted by atomic mass is 10.1. The van der Waals surface area contributed by atoms with Crippen LogP contribution in [0, 0.1) is 20.8 Å². The lowest BCUT2D eigenvalue weighted by molar-refractivity contribution is 1.12. The van der Waals surface area contributed by atoms with Crippen molar-refractivity contribution in [3.05, 3.63) is 41.2 Å². The van der Waals surface area contributed by atoms with Gasteiger partial charge in [-0.1, -0.05) is 12.1 Å². The van der Waals surface area contributed by atoms with Crippen LogP contribution in [0.5, 0.6) is 0 Å². The van der Waals surface area contributed by atoms with Gasteiger partial charge in [0.15, 0.2) is 0 Å². The van der Waals surface area contributed by atoms with E-state index in [9.17, 15) is 0 Å². The number of nitrogens with one attached hydrogen (secondary N) is 2. The molecule has 0 amide bonds. The van der Waals surface area contributed by atoms with Gasteiger partial charge in [0.05, 0.1) is 0 Å². The van der Waals surface area contributed by atoms with E-state index in [1.165, 1.54) is 11.1 Å². The molecule has 0 saturated carbocycles. The van der Waals surface area contributed by atoms with Gasteiger partial charge in [0, 0.05) is 18.3 Å². The second kappa shape index (κ2) is 5.04. The molecule has 1 aromatic heterocycles. The average molecular weight is 242 g/mol. The van der Waals surface area contributed by atoms with Gasteiger partial charge in [0.25, 0.3) is 0 Å². The summed E-state index contributed by atoms with van der Waals surface area (Å²) >= 11 is 0. The lowest BCUT2D eigenvalue weighted by Crippen LogP contribution is -2.03. The quantitative estimate of drug-likeness (QED) is 0.868. The Morgan fingerprint density at radius 1 is 1.00 bits per heavy atom. The smallest absolute Gasteiger partial charge is 0.138 e. The van der Waals surface area contributed by atoms with Crippen LogP contribution in [0.1, 0.15) is 16.7 Å². The molecule has 0 aliphatic carbocycles. The Morgan fingerprint density at radius 2 is 1.72 bits per heavy atom. The standard InChI is InChI=1S/C14H18N4/c1-9-5-6-10(2)12(7-9)18-14-11(3)13(15-4)16-8-17-14/h5-8H,1-4H3,(H2,15,16,17,18). The predicted octanol–water partition coefficient (Wildman–Crippen LogP) is 3.19. The van der Waals surface area contributed by atoms with Crippen molar-refractivity contribution in [1.82, 2.24) is 9.97 Å². The summed E-state index contributed by atoms with van der Waals surface area (Å²) in [5, 5.41) is 6.42. The van der Waals surface area contributed by atoms with Crippen LogP contribution in [0.2, 0.25) is 0 Å². The number of nitrogens with zero attached hydrogens (tertiary/aromatic N) is 2. The van der Waals surface area contributed by atoms with Gasteiger partial charge >= 0.3 is 0 Å². The highest BCUT2D eigenvalue weighted by Gasteiger charge is 2.07. The third-order valence-electron chi connectivity index (χ3n) is 2.97. The Hall–Kier alpha value is -2.10. The highest BCUT2D eigenvalue weighted by Crippen LogP contribution is 2.24. The highest BCUT2D eigenvalue weighted by molar-refractivity contribution is 5.66. The Balaban J connectivity index is 2.37. The summed E-state index contributed by atoms with van der Waals surface area (Å²) in [6.45, 7) is 6.16. The maximum atomic E-state index is 4.29. The van der Waals surface area contributed by atoms with Crippen molar-refractivity contribution in [3.8, 4) is 0 Å². The van der Waals surface area contributed by atoms with E-state index in [0.29, 0.717) is 0 Å². The highest BCUT2D eigenvalue weighted by atomic mass is 15.1. The third kappa shape index (κ3) is 2.42. The minimum atomic E-state index is 0.836. The van der Waals surface area contributed by atoms with Crippen LogP contribution < -0.4 is 10.6 Å². The van der Waals surface area contributed by atoms with Gasteiger partial charge in [-0.05, 0) is 38.0 Å². The largest absolute Gasteiger partial charge is 0.373 e. The first-order valence-corrected chi connectivity index (χ1v) is 5.95. The van der Waals surface area contributed by atoms with Crippen molar-refractivity contribution in [1.29, 1.82) is 0 Å². The van der Waals surface area contributed by atoms with Gasteiger partial charge in [-0.15, -0.1) is 0 Å². The number of aryl methyl sites for hydroxylation is 2. The molecule has 0 aliphatic rings. The number of rotatable bonds is 3. The van der Waals surface area contributed by atoms with Crippen LogP contribution in [-0.2, 0) is 0 Å². The number of benzene rings is 1. The van der Waals surface area contributed by atoms with E-state index in [-0.39, 0.29) is 0 Å². The topological polar surface area (TPSA) is 49.8 Å². The van der Waals surface area contributed by atoms with Gasteiger partial charge in [-0.2, -0.15) is 0 Å². The molecule has 0 aliphatic heterocycles. The zero-order chi connectivity index (χ0) is 13.1. The van der Waals surface area contributed by atoms with E-state index >= 15 is 0 Å². The molecule has 2 N–H and O–H groups in total. The van der Waals surface area contributed by atoms with Crippen LogP contribution in [0.4, 0.5) is 17.3 Å². The van der Waals surface area contributed by atoms with Crippen LogP contribution in [-0.4, -0.2) is 17.0 Å². The first kappa shape index (κ1) is 12.4. The number of hydrogen-bond acceptors (Lipinski definition) is 4. The molecule has 18 heavy (non-hydrogen) atoms. The van der Waals surface area contributed by atoms with Gasteiger partial charge in [-0.25, -0.2) is 9.97 Å². The number of hydrogen-bond donors (Lipinski definition) is 2. The molecule has 0 fully saturated rings. The normalized spacial score (nSPS) is 10.2. The molecule has 2 aromatic rings. The van der Waals surface area contributed by atoms with Crippen molar-refractivity contribution in [3.63, 3.8) is 0 Å². The maximum Gasteiger partial charge on any atom is 0.138 e. The summed E-state index contributed by atoms with van der Waals surface area (Å²) in [6.07, 6.45) is 1.56. The molecular formula is C14H18N4. The molecule has 0 saturated heterocycles. The zero-order valence-electron chi connectivity index (χ0n) is 11.2. The molecule has 0 atom stereocenters. The van der Waals surface area contributed by atoms with Crippen LogP contribution >= 0.6 is 0 Å². The van der Waals surface area contributed by atoms with Crippen molar-refractivity contribution in [2.45, 2.75) is 20.8 Å². The molecule has 0 spiro atoms. The van der Waals surface area contributed by atoms with E-state index in [1.54, 1.807) is 6.33 Å². The third-order valence-corrected chi connectivity index (χ3v) is 2.97. The Kier molecular flexibility index (Phi) is 3.46. The first-order valence-electron chi connectivity index (χ1n) is 5.95. The summed E-state index contributed by atoms with van der Waals surface area (Å²) < 4.78 is 0. The number of aromatic nitrogens is 2. The van der Waals surface area contributed by atoms with Crippen molar-refractivity contribution < 1.29 is 0 Å². The second-order valence-corrected chi connectivity index (χ2v) is 4.39. The average Bonchev–Trinajstić information content (AvgIpc) is 2.36. The molecule has 2 rings (SSSR count).